The maximum atomic E-state index is 3.97. The van der Waals surface area contributed by atoms with Crippen LogP contribution in [0.1, 0.15) is 13.8 Å². The SMILES string of the molecule is [CH2]C(C)[CH]N1CCN([CH]C([CH2])C)CC1. The summed E-state index contributed by atoms with van der Waals surface area (Å²) < 4.78 is 0. The average Bonchev–Trinajstić information content (AvgIpc) is 2.06. The van der Waals surface area contributed by atoms with Gasteiger partial charge in [-0.1, -0.05) is 13.8 Å². The highest BCUT2D eigenvalue weighted by molar-refractivity contribution is 4.85. The first-order valence-electron chi connectivity index (χ1n) is 5.42. The van der Waals surface area contributed by atoms with Crippen molar-refractivity contribution in [3.05, 3.63) is 26.9 Å². The molecule has 0 bridgehead atoms. The molecule has 1 saturated heterocycles. The van der Waals surface area contributed by atoms with Crippen LogP contribution in [0.15, 0.2) is 0 Å². The molecule has 2 heteroatoms. The standard InChI is InChI=1S/C12H22N2/c1-11(2)9-13-5-7-14(8-6-13)10-12(3)4/h9-12H,1,3,5-8H2,2,4H3. The van der Waals surface area contributed by atoms with Gasteiger partial charge in [-0.2, -0.15) is 0 Å². The molecule has 0 spiro atoms. The summed E-state index contributed by atoms with van der Waals surface area (Å²) in [5.74, 6) is 0.828. The van der Waals surface area contributed by atoms with Gasteiger partial charge in [-0.25, -0.2) is 0 Å². The summed E-state index contributed by atoms with van der Waals surface area (Å²) in [6, 6.07) is 0. The molecule has 0 amide bonds. The van der Waals surface area contributed by atoms with Crippen molar-refractivity contribution in [3.8, 4) is 0 Å². The van der Waals surface area contributed by atoms with Crippen molar-refractivity contribution in [2.24, 2.45) is 11.8 Å². The Hall–Kier alpha value is -0.0800. The van der Waals surface area contributed by atoms with E-state index in [1.54, 1.807) is 0 Å². The molecule has 14 heavy (non-hydrogen) atoms. The second kappa shape index (κ2) is 5.72. The molecule has 2 nitrogen and oxygen atoms in total. The van der Waals surface area contributed by atoms with Crippen LogP contribution >= 0.6 is 0 Å². The van der Waals surface area contributed by atoms with Crippen LogP contribution in [0.2, 0.25) is 0 Å². The Labute approximate surface area is 89.3 Å². The van der Waals surface area contributed by atoms with Crippen LogP contribution in [0.3, 0.4) is 0 Å². The molecule has 2 atom stereocenters. The summed E-state index contributed by atoms with van der Waals surface area (Å²) >= 11 is 0. The van der Waals surface area contributed by atoms with Crippen LogP contribution in [0.5, 0.6) is 0 Å². The van der Waals surface area contributed by atoms with Gasteiger partial charge in [-0.05, 0) is 25.7 Å². The number of nitrogens with zero attached hydrogens (tertiary/aromatic N) is 2. The predicted octanol–water partition coefficient (Wildman–Crippen LogP) is 1.87. The van der Waals surface area contributed by atoms with E-state index in [4.69, 9.17) is 0 Å². The van der Waals surface area contributed by atoms with Crippen LogP contribution in [-0.4, -0.2) is 36.0 Å². The fourth-order valence-corrected chi connectivity index (χ4v) is 1.76. The van der Waals surface area contributed by atoms with Gasteiger partial charge in [0.05, 0.1) is 0 Å². The summed E-state index contributed by atoms with van der Waals surface area (Å²) in [4.78, 5) is 4.74. The minimum Gasteiger partial charge on any atom is -0.296 e. The van der Waals surface area contributed by atoms with Crippen molar-refractivity contribution in [1.29, 1.82) is 0 Å². The zero-order chi connectivity index (χ0) is 10.6. The molecule has 1 fully saturated rings. The van der Waals surface area contributed by atoms with Gasteiger partial charge in [0.25, 0.3) is 0 Å². The van der Waals surface area contributed by atoms with Gasteiger partial charge in [-0.15, -0.1) is 0 Å². The van der Waals surface area contributed by atoms with Gasteiger partial charge < -0.3 is 0 Å². The molecule has 0 saturated carbocycles. The summed E-state index contributed by atoms with van der Waals surface area (Å²) in [6.07, 6.45) is 0. The third-order valence-corrected chi connectivity index (χ3v) is 2.28. The maximum absolute atomic E-state index is 3.97. The van der Waals surface area contributed by atoms with Crippen LogP contribution in [-0.2, 0) is 0 Å². The molecular weight excluding hydrogens is 172 g/mol. The second-order valence-electron chi connectivity index (χ2n) is 4.32. The Morgan fingerprint density at radius 3 is 1.36 bits per heavy atom. The van der Waals surface area contributed by atoms with Gasteiger partial charge >= 0.3 is 0 Å². The van der Waals surface area contributed by atoms with E-state index in [9.17, 15) is 0 Å². The van der Waals surface area contributed by atoms with Crippen molar-refractivity contribution in [2.45, 2.75) is 13.8 Å². The summed E-state index contributed by atoms with van der Waals surface area (Å²) in [5.41, 5.74) is 0. The molecule has 1 heterocycles. The quantitative estimate of drug-likeness (QED) is 0.674. The first-order chi connectivity index (χ1) is 6.58. The average molecular weight is 194 g/mol. The van der Waals surface area contributed by atoms with Crippen LogP contribution in [0.25, 0.3) is 0 Å². The van der Waals surface area contributed by atoms with Crippen molar-refractivity contribution < 1.29 is 0 Å². The fraction of sp³-hybridized carbons (Fsp3) is 0.667. The third kappa shape index (κ3) is 4.43. The minimum absolute atomic E-state index is 0.414. The summed E-state index contributed by atoms with van der Waals surface area (Å²) in [6.45, 7) is 21.1. The largest absolute Gasteiger partial charge is 0.296 e. The van der Waals surface area contributed by atoms with E-state index in [1.807, 2.05) is 0 Å². The van der Waals surface area contributed by atoms with Gasteiger partial charge in [0.1, 0.15) is 0 Å². The van der Waals surface area contributed by atoms with Gasteiger partial charge in [0.2, 0.25) is 0 Å². The Morgan fingerprint density at radius 1 is 0.857 bits per heavy atom. The lowest BCUT2D eigenvalue weighted by atomic mass is 10.1. The van der Waals surface area contributed by atoms with E-state index in [0.717, 1.165) is 26.2 Å². The van der Waals surface area contributed by atoms with E-state index in [1.165, 1.54) is 0 Å². The highest BCUT2D eigenvalue weighted by Gasteiger charge is 2.18. The Bertz CT molecular complexity index is 128. The predicted molar refractivity (Wildman–Crippen MR) is 60.8 cm³/mol. The zero-order valence-corrected chi connectivity index (χ0v) is 9.45. The molecule has 4 radical (unpaired) electrons. The normalized spacial score (nSPS) is 21.0. The number of hydrogen-bond acceptors (Lipinski definition) is 2. The van der Waals surface area contributed by atoms with Crippen LogP contribution < -0.4 is 0 Å². The lowest BCUT2D eigenvalue weighted by Crippen LogP contribution is -2.45. The molecule has 1 aliphatic heterocycles. The van der Waals surface area contributed by atoms with Gasteiger partial charge in [0.15, 0.2) is 0 Å². The zero-order valence-electron chi connectivity index (χ0n) is 9.45. The van der Waals surface area contributed by atoms with Crippen molar-refractivity contribution in [1.82, 2.24) is 9.80 Å². The Balaban J connectivity index is 2.17. The number of hydrogen-bond donors (Lipinski definition) is 0. The maximum Gasteiger partial charge on any atom is 0.0280 e. The highest BCUT2D eigenvalue weighted by Crippen LogP contribution is 2.12. The van der Waals surface area contributed by atoms with Crippen LogP contribution in [0.4, 0.5) is 0 Å². The molecule has 2 unspecified atom stereocenters. The molecule has 1 rings (SSSR count). The lowest BCUT2D eigenvalue weighted by molar-refractivity contribution is 0.167. The molecule has 80 valence electrons. The minimum atomic E-state index is 0.414. The summed E-state index contributed by atoms with van der Waals surface area (Å²) in [5, 5.41) is 0. The molecule has 0 aliphatic carbocycles. The Morgan fingerprint density at radius 2 is 1.14 bits per heavy atom. The smallest absolute Gasteiger partial charge is 0.0280 e. The second-order valence-corrected chi connectivity index (χ2v) is 4.32. The van der Waals surface area contributed by atoms with Crippen LogP contribution in [0, 0.1) is 38.8 Å². The van der Waals surface area contributed by atoms with Crippen molar-refractivity contribution in [2.75, 3.05) is 26.2 Å². The number of rotatable bonds is 4. The number of piperazine rings is 1. The first-order valence-corrected chi connectivity index (χ1v) is 5.42. The fourth-order valence-electron chi connectivity index (χ4n) is 1.76. The van der Waals surface area contributed by atoms with Gasteiger partial charge in [-0.3, -0.25) is 9.80 Å². The Kier molecular flexibility index (Phi) is 4.90. The topological polar surface area (TPSA) is 6.48 Å². The molecule has 1 aliphatic rings. The van der Waals surface area contributed by atoms with E-state index >= 15 is 0 Å². The third-order valence-electron chi connectivity index (χ3n) is 2.28. The highest BCUT2D eigenvalue weighted by atomic mass is 15.3. The van der Waals surface area contributed by atoms with Crippen molar-refractivity contribution in [3.63, 3.8) is 0 Å². The molecule has 0 aromatic rings. The van der Waals surface area contributed by atoms with Crippen molar-refractivity contribution >= 4 is 0 Å². The monoisotopic (exact) mass is 194 g/mol. The van der Waals surface area contributed by atoms with E-state index in [2.05, 4.69) is 50.6 Å². The molecule has 0 aromatic heterocycles. The summed E-state index contributed by atoms with van der Waals surface area (Å²) in [7, 11) is 0. The van der Waals surface area contributed by atoms with E-state index in [-0.39, 0.29) is 0 Å². The molecule has 0 N–H and O–H groups in total. The first kappa shape index (κ1) is 12.0. The van der Waals surface area contributed by atoms with Gasteiger partial charge in [0, 0.05) is 39.3 Å². The lowest BCUT2D eigenvalue weighted by Gasteiger charge is -2.35. The molecular formula is C12H22N2. The van der Waals surface area contributed by atoms with E-state index < -0.39 is 0 Å². The van der Waals surface area contributed by atoms with E-state index in [0.29, 0.717) is 11.8 Å². The molecule has 0 aromatic carbocycles.